The summed E-state index contributed by atoms with van der Waals surface area (Å²) in [6.45, 7) is 1.90. The maximum absolute atomic E-state index is 12.1. The van der Waals surface area contributed by atoms with Crippen molar-refractivity contribution in [2.24, 2.45) is 0 Å². The highest BCUT2D eigenvalue weighted by atomic mass is 35.5. The third-order valence-electron chi connectivity index (χ3n) is 3.19. The predicted octanol–water partition coefficient (Wildman–Crippen LogP) is 3.24. The number of pyridine rings is 1. The van der Waals surface area contributed by atoms with Gasteiger partial charge < -0.3 is 10.1 Å². The maximum atomic E-state index is 12.1. The van der Waals surface area contributed by atoms with Crippen molar-refractivity contribution in [1.82, 2.24) is 10.3 Å². The lowest BCUT2D eigenvalue weighted by Crippen LogP contribution is -2.37. The molecule has 0 saturated heterocycles. The number of ether oxygens (including phenoxy) is 1. The first-order chi connectivity index (χ1) is 10.1. The van der Waals surface area contributed by atoms with Gasteiger partial charge in [0.05, 0.1) is 11.6 Å². The molecule has 0 saturated carbocycles. The summed E-state index contributed by atoms with van der Waals surface area (Å²) in [6, 6.07) is 10.7. The van der Waals surface area contributed by atoms with E-state index < -0.39 is 0 Å². The van der Waals surface area contributed by atoms with E-state index in [0.717, 1.165) is 5.56 Å². The molecule has 2 atom stereocenters. The number of aromatic nitrogens is 1. The van der Waals surface area contributed by atoms with Gasteiger partial charge in [-0.2, -0.15) is 0 Å². The Morgan fingerprint density at radius 2 is 2.00 bits per heavy atom. The van der Waals surface area contributed by atoms with Crippen LogP contribution in [0.5, 0.6) is 0 Å². The number of nitrogens with zero attached hydrogens (tertiary/aromatic N) is 1. The van der Waals surface area contributed by atoms with E-state index in [1.807, 2.05) is 19.1 Å². The lowest BCUT2D eigenvalue weighted by molar-refractivity contribution is 0.0645. The molecule has 0 fully saturated rings. The molecule has 1 heterocycles. The zero-order valence-electron chi connectivity index (χ0n) is 11.9. The average Bonchev–Trinajstić information content (AvgIpc) is 2.50. The van der Waals surface area contributed by atoms with E-state index in [1.165, 1.54) is 6.20 Å². The monoisotopic (exact) mass is 304 g/mol. The smallest absolute Gasteiger partial charge is 0.253 e. The van der Waals surface area contributed by atoms with Crippen LogP contribution >= 0.6 is 11.6 Å². The molecule has 0 aliphatic heterocycles. The van der Waals surface area contributed by atoms with Crippen LogP contribution in [0.2, 0.25) is 5.02 Å². The molecule has 0 radical (unpaired) electrons. The molecule has 0 aliphatic carbocycles. The highest BCUT2D eigenvalue weighted by Crippen LogP contribution is 2.22. The summed E-state index contributed by atoms with van der Waals surface area (Å²) in [6.07, 6.45) is 2.92. The Morgan fingerprint density at radius 3 is 2.57 bits per heavy atom. The topological polar surface area (TPSA) is 51.2 Å². The van der Waals surface area contributed by atoms with Gasteiger partial charge in [0, 0.05) is 24.5 Å². The van der Waals surface area contributed by atoms with Gasteiger partial charge in [-0.05, 0) is 36.8 Å². The van der Waals surface area contributed by atoms with Gasteiger partial charge in [0.2, 0.25) is 0 Å². The number of halogens is 1. The number of hydrogen-bond acceptors (Lipinski definition) is 3. The van der Waals surface area contributed by atoms with E-state index in [1.54, 1.807) is 37.6 Å². The Bertz CT molecular complexity index is 587. The summed E-state index contributed by atoms with van der Waals surface area (Å²) < 4.78 is 5.50. The fourth-order valence-corrected chi connectivity index (χ4v) is 2.27. The SMILES string of the molecule is CO[C@H](c1ccc(Cl)cc1)[C@H](C)NC(=O)c1cccnc1. The Kier molecular flexibility index (Phi) is 5.31. The molecular formula is C16H17ClN2O2. The summed E-state index contributed by atoms with van der Waals surface area (Å²) in [4.78, 5) is 16.1. The quantitative estimate of drug-likeness (QED) is 0.922. The minimum Gasteiger partial charge on any atom is -0.375 e. The van der Waals surface area contributed by atoms with Crippen LogP contribution in [0.3, 0.4) is 0 Å². The van der Waals surface area contributed by atoms with Gasteiger partial charge in [-0.1, -0.05) is 23.7 Å². The first-order valence-electron chi connectivity index (χ1n) is 6.61. The van der Waals surface area contributed by atoms with Gasteiger partial charge >= 0.3 is 0 Å². The highest BCUT2D eigenvalue weighted by Gasteiger charge is 2.21. The van der Waals surface area contributed by atoms with Crippen LogP contribution in [0.4, 0.5) is 0 Å². The number of rotatable bonds is 5. The number of methoxy groups -OCH3 is 1. The molecule has 4 nitrogen and oxygen atoms in total. The number of carbonyl (C=O) groups excluding carboxylic acids is 1. The summed E-state index contributed by atoms with van der Waals surface area (Å²) in [7, 11) is 1.62. The maximum Gasteiger partial charge on any atom is 0.253 e. The third-order valence-corrected chi connectivity index (χ3v) is 3.44. The van der Waals surface area contributed by atoms with Crippen LogP contribution in [-0.4, -0.2) is 24.0 Å². The molecule has 1 N–H and O–H groups in total. The average molecular weight is 305 g/mol. The van der Waals surface area contributed by atoms with Crippen LogP contribution in [0.15, 0.2) is 48.8 Å². The van der Waals surface area contributed by atoms with E-state index >= 15 is 0 Å². The third kappa shape index (κ3) is 4.03. The molecule has 0 unspecified atom stereocenters. The van der Waals surface area contributed by atoms with Gasteiger partial charge in [-0.3, -0.25) is 9.78 Å². The summed E-state index contributed by atoms with van der Waals surface area (Å²) >= 11 is 5.89. The largest absolute Gasteiger partial charge is 0.375 e. The van der Waals surface area contributed by atoms with Crippen molar-refractivity contribution in [2.75, 3.05) is 7.11 Å². The number of amides is 1. The minimum absolute atomic E-state index is 0.174. The van der Waals surface area contributed by atoms with Crippen LogP contribution in [-0.2, 0) is 4.74 Å². The molecular weight excluding hydrogens is 288 g/mol. The van der Waals surface area contributed by atoms with E-state index in [0.29, 0.717) is 10.6 Å². The molecule has 0 aliphatic rings. The van der Waals surface area contributed by atoms with Crippen molar-refractivity contribution in [3.05, 3.63) is 64.9 Å². The fourth-order valence-electron chi connectivity index (χ4n) is 2.14. The van der Waals surface area contributed by atoms with Gasteiger partial charge in [-0.25, -0.2) is 0 Å². The number of carbonyl (C=O) groups is 1. The van der Waals surface area contributed by atoms with Crippen LogP contribution in [0, 0.1) is 0 Å². The lowest BCUT2D eigenvalue weighted by Gasteiger charge is -2.24. The Balaban J connectivity index is 2.08. The summed E-state index contributed by atoms with van der Waals surface area (Å²) in [5, 5.41) is 3.59. The zero-order valence-corrected chi connectivity index (χ0v) is 12.7. The molecule has 2 aromatic rings. The van der Waals surface area contributed by atoms with Crippen molar-refractivity contribution in [3.63, 3.8) is 0 Å². The molecule has 1 aromatic carbocycles. The van der Waals surface area contributed by atoms with Crippen molar-refractivity contribution in [3.8, 4) is 0 Å². The zero-order chi connectivity index (χ0) is 15.2. The van der Waals surface area contributed by atoms with Gasteiger partial charge in [0.15, 0.2) is 0 Å². The number of benzene rings is 1. The molecule has 21 heavy (non-hydrogen) atoms. The van der Waals surface area contributed by atoms with E-state index in [-0.39, 0.29) is 18.1 Å². The molecule has 0 bridgehead atoms. The second-order valence-corrected chi connectivity index (χ2v) is 5.15. The normalized spacial score (nSPS) is 13.5. The number of hydrogen-bond donors (Lipinski definition) is 1. The molecule has 110 valence electrons. The molecule has 1 aromatic heterocycles. The van der Waals surface area contributed by atoms with Crippen molar-refractivity contribution >= 4 is 17.5 Å². The first kappa shape index (κ1) is 15.5. The van der Waals surface area contributed by atoms with Crippen LogP contribution in [0.1, 0.15) is 28.9 Å². The molecule has 0 spiro atoms. The summed E-state index contributed by atoms with van der Waals surface area (Å²) in [5.74, 6) is -0.174. The van der Waals surface area contributed by atoms with Gasteiger partial charge in [0.25, 0.3) is 5.91 Å². The van der Waals surface area contributed by atoms with Crippen LogP contribution in [0.25, 0.3) is 0 Å². The van der Waals surface area contributed by atoms with Gasteiger partial charge in [0.1, 0.15) is 6.10 Å². The molecule has 2 rings (SSSR count). The minimum atomic E-state index is -0.247. The lowest BCUT2D eigenvalue weighted by atomic mass is 10.0. The van der Waals surface area contributed by atoms with E-state index in [9.17, 15) is 4.79 Å². The molecule has 1 amide bonds. The summed E-state index contributed by atoms with van der Waals surface area (Å²) in [5.41, 5.74) is 1.48. The Labute approximate surface area is 129 Å². The van der Waals surface area contributed by atoms with E-state index in [4.69, 9.17) is 16.3 Å². The highest BCUT2D eigenvalue weighted by molar-refractivity contribution is 6.30. The first-order valence-corrected chi connectivity index (χ1v) is 6.98. The second-order valence-electron chi connectivity index (χ2n) is 4.71. The Morgan fingerprint density at radius 1 is 1.29 bits per heavy atom. The van der Waals surface area contributed by atoms with Crippen LogP contribution < -0.4 is 5.32 Å². The second kappa shape index (κ2) is 7.20. The van der Waals surface area contributed by atoms with Gasteiger partial charge in [-0.15, -0.1) is 0 Å². The number of nitrogens with one attached hydrogen (secondary N) is 1. The molecule has 5 heteroatoms. The fraction of sp³-hybridized carbons (Fsp3) is 0.250. The standard InChI is InChI=1S/C16H17ClN2O2/c1-11(19-16(20)13-4-3-9-18-10-13)15(21-2)12-5-7-14(17)8-6-12/h3-11,15H,1-2H3,(H,19,20)/t11-,15-/m0/s1. The predicted molar refractivity (Wildman–Crippen MR) is 82.4 cm³/mol. The Hall–Kier alpha value is -1.91. The van der Waals surface area contributed by atoms with Crippen molar-refractivity contribution in [1.29, 1.82) is 0 Å². The van der Waals surface area contributed by atoms with Crippen molar-refractivity contribution < 1.29 is 9.53 Å². The van der Waals surface area contributed by atoms with E-state index in [2.05, 4.69) is 10.3 Å². The van der Waals surface area contributed by atoms with Crippen molar-refractivity contribution in [2.45, 2.75) is 19.1 Å².